The van der Waals surface area contributed by atoms with E-state index < -0.39 is 0 Å². The summed E-state index contributed by atoms with van der Waals surface area (Å²) in [4.78, 5) is 19.9. The van der Waals surface area contributed by atoms with E-state index in [-0.39, 0.29) is 5.91 Å². The zero-order valence-corrected chi connectivity index (χ0v) is 17.4. The molecule has 1 aromatic heterocycles. The van der Waals surface area contributed by atoms with Crippen LogP contribution in [0.1, 0.15) is 47.8 Å². The summed E-state index contributed by atoms with van der Waals surface area (Å²) >= 11 is 6.15. The molecule has 154 valence electrons. The van der Waals surface area contributed by atoms with Crippen LogP contribution in [0.3, 0.4) is 0 Å². The second kappa shape index (κ2) is 8.00. The molecule has 1 saturated carbocycles. The molecule has 7 heteroatoms. The standard InChI is InChI=1S/C22H28ClN5O/c23-17-3-1-4-18(13-17)26-9-11-27(12-10-26)19-5-2-8-28(15-19)22(29)21-14-20(24-25-21)16-6-7-16/h1,3-4,13-14,16,19H,2,5-12,15H2,(H,24,25)/t19-/m1/s1. The van der Waals surface area contributed by atoms with Gasteiger partial charge in [0.15, 0.2) is 0 Å². The lowest BCUT2D eigenvalue weighted by Crippen LogP contribution is -2.55. The van der Waals surface area contributed by atoms with Crippen molar-refractivity contribution in [2.75, 3.05) is 44.2 Å². The van der Waals surface area contributed by atoms with Crippen molar-refractivity contribution in [2.45, 2.75) is 37.6 Å². The van der Waals surface area contributed by atoms with E-state index in [2.05, 4.69) is 26.1 Å². The summed E-state index contributed by atoms with van der Waals surface area (Å²) < 4.78 is 0. The molecule has 0 bridgehead atoms. The van der Waals surface area contributed by atoms with E-state index in [9.17, 15) is 4.79 Å². The predicted molar refractivity (Wildman–Crippen MR) is 115 cm³/mol. The Morgan fingerprint density at radius 2 is 1.90 bits per heavy atom. The molecule has 1 atom stereocenters. The number of rotatable bonds is 4. The predicted octanol–water partition coefficient (Wildman–Crippen LogP) is 3.37. The van der Waals surface area contributed by atoms with Gasteiger partial charge in [0.2, 0.25) is 0 Å². The number of benzene rings is 1. The molecule has 0 unspecified atom stereocenters. The Hall–Kier alpha value is -2.05. The number of amides is 1. The molecule has 5 rings (SSSR count). The zero-order chi connectivity index (χ0) is 19.8. The smallest absolute Gasteiger partial charge is 0.274 e. The van der Waals surface area contributed by atoms with Crippen LogP contribution in [0.2, 0.25) is 5.02 Å². The van der Waals surface area contributed by atoms with Crippen LogP contribution in [-0.4, -0.2) is 71.2 Å². The summed E-state index contributed by atoms with van der Waals surface area (Å²) in [6, 6.07) is 10.5. The molecule has 3 heterocycles. The summed E-state index contributed by atoms with van der Waals surface area (Å²) in [5.74, 6) is 0.671. The SMILES string of the molecule is O=C(c1cc(C2CC2)[nH]n1)N1CCC[C@@H](N2CCN(c3cccc(Cl)c3)CC2)C1. The summed E-state index contributed by atoms with van der Waals surface area (Å²) in [5, 5.41) is 8.14. The summed E-state index contributed by atoms with van der Waals surface area (Å²) in [6.45, 7) is 5.68. The van der Waals surface area contributed by atoms with E-state index in [0.29, 0.717) is 17.7 Å². The number of piperidine rings is 1. The molecular weight excluding hydrogens is 386 g/mol. The number of nitrogens with zero attached hydrogens (tertiary/aromatic N) is 4. The Kier molecular flexibility index (Phi) is 5.22. The number of hydrogen-bond donors (Lipinski definition) is 1. The lowest BCUT2D eigenvalue weighted by Gasteiger charge is -2.43. The number of aromatic nitrogens is 2. The maximum absolute atomic E-state index is 13.0. The van der Waals surface area contributed by atoms with E-state index in [0.717, 1.165) is 62.8 Å². The summed E-state index contributed by atoms with van der Waals surface area (Å²) in [5.41, 5.74) is 2.90. The molecule has 1 N–H and O–H groups in total. The quantitative estimate of drug-likeness (QED) is 0.834. The Labute approximate surface area is 176 Å². The molecule has 2 saturated heterocycles. The number of nitrogens with one attached hydrogen (secondary N) is 1. The maximum Gasteiger partial charge on any atom is 0.274 e. The fourth-order valence-corrected chi connectivity index (χ4v) is 4.85. The van der Waals surface area contributed by atoms with Crippen LogP contribution in [0.4, 0.5) is 5.69 Å². The molecule has 1 aromatic carbocycles. The fourth-order valence-electron chi connectivity index (χ4n) is 4.67. The summed E-state index contributed by atoms with van der Waals surface area (Å²) in [6.07, 6.45) is 4.64. The van der Waals surface area contributed by atoms with Crippen LogP contribution in [-0.2, 0) is 0 Å². The van der Waals surface area contributed by atoms with Gasteiger partial charge in [0, 0.05) is 67.6 Å². The van der Waals surface area contributed by atoms with Gasteiger partial charge in [0.05, 0.1) is 0 Å². The van der Waals surface area contributed by atoms with Crippen LogP contribution < -0.4 is 4.90 Å². The Morgan fingerprint density at radius 1 is 1.07 bits per heavy atom. The van der Waals surface area contributed by atoms with Crippen molar-refractivity contribution in [1.82, 2.24) is 20.0 Å². The highest BCUT2D eigenvalue weighted by molar-refractivity contribution is 6.30. The second-order valence-electron chi connectivity index (χ2n) is 8.53. The number of piperazine rings is 1. The van der Waals surface area contributed by atoms with Gasteiger partial charge >= 0.3 is 0 Å². The first-order valence-electron chi connectivity index (χ1n) is 10.8. The molecule has 1 aliphatic carbocycles. The molecule has 0 spiro atoms. The van der Waals surface area contributed by atoms with Crippen LogP contribution in [0, 0.1) is 0 Å². The third-order valence-corrected chi connectivity index (χ3v) is 6.76. The van der Waals surface area contributed by atoms with E-state index in [1.54, 1.807) is 0 Å². The minimum absolute atomic E-state index is 0.0791. The second-order valence-corrected chi connectivity index (χ2v) is 8.97. The van der Waals surface area contributed by atoms with Crippen molar-refractivity contribution < 1.29 is 4.79 Å². The first-order chi connectivity index (χ1) is 14.2. The van der Waals surface area contributed by atoms with Gasteiger partial charge in [-0.3, -0.25) is 14.8 Å². The highest BCUT2D eigenvalue weighted by Crippen LogP contribution is 2.39. The number of H-pyrrole nitrogens is 1. The molecule has 29 heavy (non-hydrogen) atoms. The average Bonchev–Trinajstić information content (AvgIpc) is 3.50. The average molecular weight is 414 g/mol. The number of anilines is 1. The van der Waals surface area contributed by atoms with Gasteiger partial charge in [-0.1, -0.05) is 17.7 Å². The van der Waals surface area contributed by atoms with Gasteiger partial charge in [-0.15, -0.1) is 0 Å². The Balaban J connectivity index is 1.18. The molecule has 2 aromatic rings. The molecule has 1 amide bonds. The molecule has 3 aliphatic rings. The van der Waals surface area contributed by atoms with Gasteiger partial charge in [0.25, 0.3) is 5.91 Å². The molecular formula is C22H28ClN5O. The lowest BCUT2D eigenvalue weighted by atomic mass is 10.0. The highest BCUT2D eigenvalue weighted by atomic mass is 35.5. The van der Waals surface area contributed by atoms with Crippen molar-refractivity contribution in [1.29, 1.82) is 0 Å². The number of likely N-dealkylation sites (tertiary alicyclic amines) is 1. The number of aromatic amines is 1. The molecule has 3 fully saturated rings. The van der Waals surface area contributed by atoms with E-state index >= 15 is 0 Å². The van der Waals surface area contributed by atoms with E-state index in [1.165, 1.54) is 18.5 Å². The molecule has 0 radical (unpaired) electrons. The lowest BCUT2D eigenvalue weighted by molar-refractivity contribution is 0.0558. The van der Waals surface area contributed by atoms with Gasteiger partial charge < -0.3 is 9.80 Å². The number of carbonyl (C=O) groups is 1. The van der Waals surface area contributed by atoms with Crippen molar-refractivity contribution in [3.8, 4) is 0 Å². The molecule has 2 aliphatic heterocycles. The summed E-state index contributed by atoms with van der Waals surface area (Å²) in [7, 11) is 0. The zero-order valence-electron chi connectivity index (χ0n) is 16.7. The van der Waals surface area contributed by atoms with Crippen LogP contribution in [0.25, 0.3) is 0 Å². The normalized spacial score (nSPS) is 23.4. The van der Waals surface area contributed by atoms with Crippen LogP contribution >= 0.6 is 11.6 Å². The Morgan fingerprint density at radius 3 is 2.66 bits per heavy atom. The van der Waals surface area contributed by atoms with Gasteiger partial charge in [-0.25, -0.2) is 0 Å². The van der Waals surface area contributed by atoms with Crippen molar-refractivity contribution in [3.63, 3.8) is 0 Å². The number of halogens is 1. The molecule has 6 nitrogen and oxygen atoms in total. The Bertz CT molecular complexity index is 872. The highest BCUT2D eigenvalue weighted by Gasteiger charge is 2.32. The first kappa shape index (κ1) is 18.9. The largest absolute Gasteiger partial charge is 0.369 e. The van der Waals surface area contributed by atoms with Gasteiger partial charge in [-0.05, 0) is 49.9 Å². The van der Waals surface area contributed by atoms with E-state index in [1.807, 2.05) is 29.2 Å². The van der Waals surface area contributed by atoms with Crippen LogP contribution in [0.15, 0.2) is 30.3 Å². The third kappa shape index (κ3) is 4.14. The van der Waals surface area contributed by atoms with Crippen molar-refractivity contribution >= 4 is 23.2 Å². The van der Waals surface area contributed by atoms with Crippen molar-refractivity contribution in [3.05, 3.63) is 46.7 Å². The van der Waals surface area contributed by atoms with Gasteiger partial charge in [-0.2, -0.15) is 5.10 Å². The number of hydrogen-bond acceptors (Lipinski definition) is 4. The van der Waals surface area contributed by atoms with Crippen LogP contribution in [0.5, 0.6) is 0 Å². The number of carbonyl (C=O) groups excluding carboxylic acids is 1. The van der Waals surface area contributed by atoms with Gasteiger partial charge in [0.1, 0.15) is 5.69 Å². The van der Waals surface area contributed by atoms with Crippen molar-refractivity contribution in [2.24, 2.45) is 0 Å². The van der Waals surface area contributed by atoms with E-state index in [4.69, 9.17) is 11.6 Å². The third-order valence-electron chi connectivity index (χ3n) is 6.52. The fraction of sp³-hybridized carbons (Fsp3) is 0.545. The monoisotopic (exact) mass is 413 g/mol. The minimum atomic E-state index is 0.0791. The maximum atomic E-state index is 13.0. The first-order valence-corrected chi connectivity index (χ1v) is 11.1. The minimum Gasteiger partial charge on any atom is -0.369 e. The topological polar surface area (TPSA) is 55.5 Å².